The lowest BCUT2D eigenvalue weighted by atomic mass is 9.91. The van der Waals surface area contributed by atoms with Crippen LogP contribution in [0.25, 0.3) is 32.7 Å². The molecule has 1 fully saturated rings. The summed E-state index contributed by atoms with van der Waals surface area (Å²) in [5, 5.41) is 19.0. The van der Waals surface area contributed by atoms with Crippen LogP contribution >= 0.6 is 22.9 Å². The summed E-state index contributed by atoms with van der Waals surface area (Å²) in [4.78, 5) is 21.1. The van der Waals surface area contributed by atoms with E-state index in [1.54, 1.807) is 17.8 Å². The fourth-order valence-electron chi connectivity index (χ4n) is 5.66. The third kappa shape index (κ3) is 5.77. The summed E-state index contributed by atoms with van der Waals surface area (Å²) in [5.41, 5.74) is 3.74. The first-order chi connectivity index (χ1) is 20.2. The molecule has 2 aromatic carbocycles. The van der Waals surface area contributed by atoms with E-state index in [0.29, 0.717) is 47.9 Å². The fraction of sp³-hybridized carbons (Fsp3) is 0.323. The zero-order chi connectivity index (χ0) is 29.4. The van der Waals surface area contributed by atoms with Gasteiger partial charge in [0.2, 0.25) is 0 Å². The van der Waals surface area contributed by atoms with Gasteiger partial charge >= 0.3 is 0 Å². The number of aliphatic hydroxyl groups is 1. The fourth-order valence-corrected chi connectivity index (χ4v) is 6.70. The molecule has 1 saturated heterocycles. The zero-order valence-electron chi connectivity index (χ0n) is 23.5. The molecule has 2 N–H and O–H groups in total. The number of benzene rings is 2. The van der Waals surface area contributed by atoms with Crippen LogP contribution in [0.1, 0.15) is 24.0 Å². The van der Waals surface area contributed by atoms with Crippen LogP contribution in [-0.2, 0) is 26.7 Å². The summed E-state index contributed by atoms with van der Waals surface area (Å²) in [6.07, 6.45) is 2.42. The maximum Gasteiger partial charge on any atom is 0.281 e. The summed E-state index contributed by atoms with van der Waals surface area (Å²) in [6.45, 7) is 2.51. The molecule has 0 unspecified atom stereocenters. The van der Waals surface area contributed by atoms with Gasteiger partial charge in [-0.2, -0.15) is 5.10 Å². The number of rotatable bonds is 8. The zero-order valence-corrected chi connectivity index (χ0v) is 25.1. The van der Waals surface area contributed by atoms with Gasteiger partial charge in [-0.25, -0.2) is 9.37 Å². The number of aryl methyl sites for hydroxylation is 1. The lowest BCUT2D eigenvalue weighted by molar-refractivity contribution is -0.0366. The van der Waals surface area contributed by atoms with Crippen LogP contribution in [0.2, 0.25) is 4.34 Å². The van der Waals surface area contributed by atoms with Crippen LogP contribution < -0.4 is 10.9 Å². The van der Waals surface area contributed by atoms with Crippen molar-refractivity contribution in [1.29, 1.82) is 0 Å². The Hall–Kier alpha value is -3.41. The number of halogens is 2. The number of piperidine rings is 1. The molecular formula is C31H32ClFN6O2S. The summed E-state index contributed by atoms with van der Waals surface area (Å²) >= 11 is 7.45. The maximum absolute atomic E-state index is 14.9. The summed E-state index contributed by atoms with van der Waals surface area (Å²) < 4.78 is 18.8. The minimum Gasteiger partial charge on any atom is -0.388 e. The van der Waals surface area contributed by atoms with E-state index >= 15 is 0 Å². The number of aromatic nitrogens is 4. The van der Waals surface area contributed by atoms with Crippen LogP contribution in [0.3, 0.4) is 0 Å². The summed E-state index contributed by atoms with van der Waals surface area (Å²) in [6, 6.07) is 17.1. The van der Waals surface area contributed by atoms with Crippen molar-refractivity contribution in [1.82, 2.24) is 29.5 Å². The third-order valence-electron chi connectivity index (χ3n) is 7.98. The van der Waals surface area contributed by atoms with Crippen molar-refractivity contribution in [2.24, 2.45) is 7.05 Å². The van der Waals surface area contributed by atoms with Gasteiger partial charge in [0, 0.05) is 49.2 Å². The first-order valence-electron chi connectivity index (χ1n) is 13.9. The van der Waals surface area contributed by atoms with Crippen LogP contribution in [0.15, 0.2) is 65.7 Å². The number of hydrogen-bond acceptors (Lipinski definition) is 7. The number of likely N-dealkylation sites (tertiary alicyclic amines) is 1. The molecule has 5 aromatic rings. The molecule has 4 heterocycles. The molecule has 8 nitrogen and oxygen atoms in total. The number of fused-ring (bicyclic) bond motifs is 1. The second-order valence-electron chi connectivity index (χ2n) is 11.0. The first-order valence-corrected chi connectivity index (χ1v) is 15.1. The van der Waals surface area contributed by atoms with Crippen LogP contribution in [-0.4, -0.2) is 55.1 Å². The Morgan fingerprint density at radius 2 is 1.81 bits per heavy atom. The van der Waals surface area contributed by atoms with E-state index in [9.17, 15) is 14.3 Å². The normalized spacial score (nSPS) is 15.5. The largest absolute Gasteiger partial charge is 0.388 e. The highest BCUT2D eigenvalue weighted by Crippen LogP contribution is 2.33. The lowest BCUT2D eigenvalue weighted by Crippen LogP contribution is -2.47. The van der Waals surface area contributed by atoms with Crippen molar-refractivity contribution in [3.63, 3.8) is 0 Å². The topological polar surface area (TPSA) is 88.2 Å². The number of nitrogens with zero attached hydrogens (tertiary/aromatic N) is 5. The van der Waals surface area contributed by atoms with E-state index in [1.807, 2.05) is 55.6 Å². The predicted octanol–water partition coefficient (Wildman–Crippen LogP) is 5.06. The predicted molar refractivity (Wildman–Crippen MR) is 165 cm³/mol. The van der Waals surface area contributed by atoms with Crippen LogP contribution in [0.4, 0.5) is 4.39 Å². The van der Waals surface area contributed by atoms with Crippen molar-refractivity contribution in [3.05, 3.63) is 92.6 Å². The SMILES string of the molecule is CNCc1ccc(-c2c3ncn(CC4(O)CCN(Cc5ccc(-c6ccc(Cl)s6)cc5F)CC4)c(=O)c3nn2C)cc1. The molecule has 3 aromatic heterocycles. The molecule has 0 atom stereocenters. The number of thiophene rings is 1. The van der Waals surface area contributed by atoms with Gasteiger partial charge in [-0.3, -0.25) is 18.9 Å². The second kappa shape index (κ2) is 11.7. The van der Waals surface area contributed by atoms with Gasteiger partial charge in [-0.15, -0.1) is 11.3 Å². The second-order valence-corrected chi connectivity index (χ2v) is 12.7. The molecule has 42 heavy (non-hydrogen) atoms. The number of hydrogen-bond donors (Lipinski definition) is 2. The van der Waals surface area contributed by atoms with E-state index < -0.39 is 5.60 Å². The van der Waals surface area contributed by atoms with E-state index in [0.717, 1.165) is 33.8 Å². The molecule has 0 amide bonds. The Balaban J connectivity index is 1.13. The maximum atomic E-state index is 14.9. The van der Waals surface area contributed by atoms with Gasteiger partial charge in [-0.05, 0) is 49.2 Å². The monoisotopic (exact) mass is 606 g/mol. The van der Waals surface area contributed by atoms with Gasteiger partial charge in [0.05, 0.1) is 28.5 Å². The molecule has 0 spiro atoms. The Bertz CT molecular complexity index is 1790. The first kappa shape index (κ1) is 28.7. The Kier molecular flexibility index (Phi) is 7.99. The standard InChI is InChI=1S/C31H32ClFN6O2S/c1-34-16-20-3-5-21(6-4-20)29-27-28(36-37(29)2)30(40)39(19-35-27)18-31(41)11-13-38(14-12-31)17-23-8-7-22(15-24(23)33)25-9-10-26(32)42-25/h3-10,15,19,34,41H,11-14,16-18H2,1-2H3. The molecule has 0 radical (unpaired) electrons. The van der Waals surface area contributed by atoms with Crippen LogP contribution in [0, 0.1) is 5.82 Å². The Morgan fingerprint density at radius 1 is 1.07 bits per heavy atom. The molecule has 1 aliphatic rings. The molecule has 0 saturated carbocycles. The van der Waals surface area contributed by atoms with Gasteiger partial charge < -0.3 is 10.4 Å². The molecule has 218 valence electrons. The van der Waals surface area contributed by atoms with Gasteiger partial charge in [0.15, 0.2) is 5.52 Å². The highest BCUT2D eigenvalue weighted by Gasteiger charge is 2.33. The van der Waals surface area contributed by atoms with E-state index in [1.165, 1.54) is 22.2 Å². The lowest BCUT2D eigenvalue weighted by Gasteiger charge is -2.38. The quantitative estimate of drug-likeness (QED) is 0.257. The summed E-state index contributed by atoms with van der Waals surface area (Å²) in [5.74, 6) is -0.257. The Morgan fingerprint density at radius 3 is 2.48 bits per heavy atom. The highest BCUT2D eigenvalue weighted by molar-refractivity contribution is 7.19. The molecule has 0 bridgehead atoms. The minimum absolute atomic E-state index is 0.125. The van der Waals surface area contributed by atoms with Crippen molar-refractivity contribution in [2.45, 2.75) is 38.1 Å². The van der Waals surface area contributed by atoms with E-state index in [4.69, 9.17) is 11.6 Å². The van der Waals surface area contributed by atoms with Crippen molar-refractivity contribution < 1.29 is 9.50 Å². The van der Waals surface area contributed by atoms with Crippen molar-refractivity contribution >= 4 is 34.0 Å². The van der Waals surface area contributed by atoms with Crippen molar-refractivity contribution in [3.8, 4) is 21.7 Å². The van der Waals surface area contributed by atoms with Gasteiger partial charge in [0.25, 0.3) is 5.56 Å². The average Bonchev–Trinajstić information content (AvgIpc) is 3.56. The highest BCUT2D eigenvalue weighted by atomic mass is 35.5. The molecule has 6 rings (SSSR count). The number of nitrogens with one attached hydrogen (secondary N) is 1. The molecular weight excluding hydrogens is 575 g/mol. The molecule has 11 heteroatoms. The van der Waals surface area contributed by atoms with Gasteiger partial charge in [-0.1, -0.05) is 48.0 Å². The van der Waals surface area contributed by atoms with Gasteiger partial charge in [0.1, 0.15) is 11.3 Å². The Labute approximate surface area is 252 Å². The average molecular weight is 607 g/mol. The third-order valence-corrected chi connectivity index (χ3v) is 9.26. The molecule has 0 aliphatic carbocycles. The van der Waals surface area contributed by atoms with E-state index in [2.05, 4.69) is 20.3 Å². The smallest absolute Gasteiger partial charge is 0.281 e. The minimum atomic E-state index is -1.07. The van der Waals surface area contributed by atoms with Crippen LogP contribution in [0.5, 0.6) is 0 Å². The van der Waals surface area contributed by atoms with E-state index in [-0.39, 0.29) is 23.4 Å². The molecule has 1 aliphatic heterocycles. The van der Waals surface area contributed by atoms with Crippen molar-refractivity contribution in [2.75, 3.05) is 20.1 Å². The summed E-state index contributed by atoms with van der Waals surface area (Å²) in [7, 11) is 3.71.